The van der Waals surface area contributed by atoms with E-state index in [1.165, 1.54) is 33.6 Å². The zero-order chi connectivity index (χ0) is 30.6. The van der Waals surface area contributed by atoms with Crippen LogP contribution in [0.5, 0.6) is 0 Å². The van der Waals surface area contributed by atoms with E-state index in [0.29, 0.717) is 0 Å². The number of benzene rings is 4. The van der Waals surface area contributed by atoms with Gasteiger partial charge in [-0.1, -0.05) is 60.7 Å². The third kappa shape index (κ3) is 6.68. The Kier molecular flexibility index (Phi) is 8.21. The van der Waals surface area contributed by atoms with Crippen LogP contribution in [-0.4, -0.2) is 28.2 Å². The maximum atomic E-state index is 2.26. The van der Waals surface area contributed by atoms with Gasteiger partial charge in [-0.3, -0.25) is 8.97 Å². The highest BCUT2D eigenvalue weighted by Gasteiger charge is 2.22. The summed E-state index contributed by atoms with van der Waals surface area (Å²) in [6.07, 6.45) is 8.57. The molecule has 0 spiro atoms. The van der Waals surface area contributed by atoms with E-state index < -0.39 is 0 Å². The van der Waals surface area contributed by atoms with Gasteiger partial charge in [0.15, 0.2) is 24.8 Å². The first-order chi connectivity index (χ1) is 21.3. The number of hydrogen-bond acceptors (Lipinski definition) is 0. The van der Waals surface area contributed by atoms with Gasteiger partial charge < -0.3 is 0 Å². The Balaban J connectivity index is 1.11. The summed E-state index contributed by atoms with van der Waals surface area (Å²) in [7, 11) is 9.04. The zero-order valence-electron chi connectivity index (χ0n) is 26.2. The van der Waals surface area contributed by atoms with Gasteiger partial charge in [0.05, 0.1) is 28.2 Å². The second kappa shape index (κ2) is 12.4. The average molecular weight is 579 g/mol. The van der Waals surface area contributed by atoms with Crippen molar-refractivity contribution in [2.45, 2.75) is 13.1 Å². The van der Waals surface area contributed by atoms with Crippen LogP contribution in [0, 0.1) is 0 Å². The van der Waals surface area contributed by atoms with Crippen molar-refractivity contribution in [1.29, 1.82) is 0 Å². The van der Waals surface area contributed by atoms with Crippen LogP contribution in [0.1, 0.15) is 11.1 Å². The summed E-state index contributed by atoms with van der Waals surface area (Å²) < 4.78 is 5.95. The van der Waals surface area contributed by atoms with Crippen molar-refractivity contribution in [1.82, 2.24) is 8.97 Å². The molecule has 0 bridgehead atoms. The summed E-state index contributed by atoms with van der Waals surface area (Å²) >= 11 is 0. The summed E-state index contributed by atoms with van der Waals surface area (Å²) in [5.41, 5.74) is 9.96. The average Bonchev–Trinajstić information content (AvgIpc) is 3.06. The van der Waals surface area contributed by atoms with Crippen LogP contribution in [0.15, 0.2) is 158 Å². The first-order valence-corrected chi connectivity index (χ1v) is 15.3. The Morgan fingerprint density at radius 2 is 0.705 bits per heavy atom. The number of aromatic nitrogens is 2. The second-order valence-corrected chi connectivity index (χ2v) is 12.7. The SMILES string of the molecule is C[N+](C)(Cc1ccccc1)c1ccc(-[n+]2ccc(-c3cc[n+](-c4ccc([N+](C)(C)Cc5ccccc5)cc4)cc3)cc2)cc1. The molecule has 2 aromatic heterocycles. The molecular formula is C40H42N4+4. The van der Waals surface area contributed by atoms with Crippen molar-refractivity contribution in [3.63, 3.8) is 0 Å². The minimum absolute atomic E-state index is 0.803. The highest BCUT2D eigenvalue weighted by atomic mass is 15.3. The van der Waals surface area contributed by atoms with Crippen molar-refractivity contribution >= 4 is 11.4 Å². The number of nitrogens with zero attached hydrogens (tertiary/aromatic N) is 4. The molecule has 0 aliphatic rings. The fourth-order valence-corrected chi connectivity index (χ4v) is 5.90. The Morgan fingerprint density at radius 3 is 1.02 bits per heavy atom. The van der Waals surface area contributed by atoms with Gasteiger partial charge in [0.1, 0.15) is 24.5 Å². The van der Waals surface area contributed by atoms with Gasteiger partial charge in [0.25, 0.3) is 0 Å². The molecule has 0 N–H and O–H groups in total. The predicted molar refractivity (Wildman–Crippen MR) is 183 cm³/mol. The van der Waals surface area contributed by atoms with Crippen molar-refractivity contribution in [3.05, 3.63) is 169 Å². The van der Waals surface area contributed by atoms with Gasteiger partial charge in [0.2, 0.25) is 11.4 Å². The van der Waals surface area contributed by atoms with Crippen LogP contribution in [0.2, 0.25) is 0 Å². The van der Waals surface area contributed by atoms with E-state index in [9.17, 15) is 0 Å². The number of rotatable bonds is 9. The first kappa shape index (κ1) is 29.2. The smallest absolute Gasteiger partial charge is 0.211 e. The summed E-state index contributed by atoms with van der Waals surface area (Å²) in [4.78, 5) is 0. The molecule has 0 fully saturated rings. The molecule has 6 aromatic rings. The number of quaternary nitrogens is 2. The minimum atomic E-state index is 0.803. The van der Waals surface area contributed by atoms with E-state index in [-0.39, 0.29) is 0 Å². The summed E-state index contributed by atoms with van der Waals surface area (Å²) in [6, 6.07) is 47.9. The lowest BCUT2D eigenvalue weighted by molar-refractivity contribution is -0.596. The molecule has 4 nitrogen and oxygen atoms in total. The quantitative estimate of drug-likeness (QED) is 0.124. The van der Waals surface area contributed by atoms with E-state index in [4.69, 9.17) is 0 Å². The van der Waals surface area contributed by atoms with Gasteiger partial charge >= 0.3 is 0 Å². The van der Waals surface area contributed by atoms with Crippen LogP contribution in [0.25, 0.3) is 22.5 Å². The maximum absolute atomic E-state index is 2.26. The highest BCUT2D eigenvalue weighted by Crippen LogP contribution is 2.24. The first-order valence-electron chi connectivity index (χ1n) is 15.3. The van der Waals surface area contributed by atoms with Gasteiger partial charge in [-0.2, -0.15) is 9.13 Å². The molecule has 0 unspecified atom stereocenters. The van der Waals surface area contributed by atoms with Gasteiger partial charge in [-0.05, 0) is 11.1 Å². The molecule has 6 rings (SSSR count). The third-order valence-electron chi connectivity index (χ3n) is 8.53. The van der Waals surface area contributed by atoms with Crippen LogP contribution in [0.4, 0.5) is 11.4 Å². The summed E-state index contributed by atoms with van der Waals surface area (Å²) in [5.74, 6) is 0. The fraction of sp³-hybridized carbons (Fsp3) is 0.150. The molecule has 0 saturated heterocycles. The summed E-state index contributed by atoms with van der Waals surface area (Å²) in [6.45, 7) is 1.91. The van der Waals surface area contributed by atoms with Crippen molar-refractivity contribution < 1.29 is 9.13 Å². The van der Waals surface area contributed by atoms with Crippen LogP contribution >= 0.6 is 0 Å². The molecule has 218 valence electrons. The molecule has 44 heavy (non-hydrogen) atoms. The highest BCUT2D eigenvalue weighted by molar-refractivity contribution is 5.61. The lowest BCUT2D eigenvalue weighted by Gasteiger charge is -2.29. The van der Waals surface area contributed by atoms with Gasteiger partial charge in [-0.15, -0.1) is 0 Å². The lowest BCUT2D eigenvalue weighted by Crippen LogP contribution is -2.39. The molecule has 0 atom stereocenters. The minimum Gasteiger partial charge on any atom is -0.292 e. The third-order valence-corrected chi connectivity index (χ3v) is 8.53. The predicted octanol–water partition coefficient (Wildman–Crippen LogP) is 7.44. The van der Waals surface area contributed by atoms with Crippen molar-refractivity contribution in [2.75, 3.05) is 28.2 Å². The Morgan fingerprint density at radius 1 is 0.386 bits per heavy atom. The normalized spacial score (nSPS) is 11.8. The number of hydrogen-bond donors (Lipinski definition) is 0. The molecule has 0 radical (unpaired) electrons. The molecule has 4 heteroatoms. The van der Waals surface area contributed by atoms with E-state index >= 15 is 0 Å². The monoisotopic (exact) mass is 578 g/mol. The van der Waals surface area contributed by atoms with Gasteiger partial charge in [0, 0.05) is 83.9 Å². The Hall–Kier alpha value is -4.90. The molecule has 0 saturated carbocycles. The van der Waals surface area contributed by atoms with Crippen LogP contribution in [0.3, 0.4) is 0 Å². The molecule has 4 aromatic carbocycles. The molecule has 0 aliphatic heterocycles. The van der Waals surface area contributed by atoms with Crippen LogP contribution < -0.4 is 18.1 Å². The fourth-order valence-electron chi connectivity index (χ4n) is 5.90. The lowest BCUT2D eigenvalue weighted by atomic mass is 10.1. The standard InChI is InChI=1S/C40H42N4/c1-43(2,31-33-11-7-5-8-12-33)39-19-15-37(16-20-39)41-27-23-35(24-28-41)36-25-29-42(30-26-36)38-17-21-40(22-18-38)44(3,4)32-34-13-9-6-10-14-34/h5-30H,31-32H2,1-4H3/q+4. The van der Waals surface area contributed by atoms with Crippen molar-refractivity contribution in [3.8, 4) is 22.5 Å². The zero-order valence-corrected chi connectivity index (χ0v) is 26.2. The maximum Gasteiger partial charge on any atom is 0.211 e. The van der Waals surface area contributed by atoms with E-state index in [0.717, 1.165) is 33.4 Å². The molecule has 0 amide bonds. The molecule has 0 aliphatic carbocycles. The number of pyridine rings is 2. The van der Waals surface area contributed by atoms with E-state index in [1.54, 1.807) is 0 Å². The van der Waals surface area contributed by atoms with Crippen molar-refractivity contribution in [2.24, 2.45) is 0 Å². The topological polar surface area (TPSA) is 7.76 Å². The second-order valence-electron chi connectivity index (χ2n) is 12.7. The van der Waals surface area contributed by atoms with E-state index in [2.05, 4.69) is 196 Å². The Bertz CT molecular complexity index is 1650. The largest absolute Gasteiger partial charge is 0.292 e. The van der Waals surface area contributed by atoms with Gasteiger partial charge in [-0.25, -0.2) is 0 Å². The molecule has 2 heterocycles. The van der Waals surface area contributed by atoms with Crippen LogP contribution in [-0.2, 0) is 13.1 Å². The van der Waals surface area contributed by atoms with E-state index in [1.807, 2.05) is 0 Å². The Labute approximate surface area is 262 Å². The molecular weight excluding hydrogens is 536 g/mol. The summed E-state index contributed by atoms with van der Waals surface area (Å²) in [5, 5.41) is 0.